The van der Waals surface area contributed by atoms with Crippen LogP contribution in [0.15, 0.2) is 0 Å². The fourth-order valence-electron chi connectivity index (χ4n) is 2.42. The molecular formula is C12H26N2. The molecule has 2 nitrogen and oxygen atoms in total. The van der Waals surface area contributed by atoms with E-state index < -0.39 is 0 Å². The van der Waals surface area contributed by atoms with Gasteiger partial charge in [-0.15, -0.1) is 0 Å². The highest BCUT2D eigenvalue weighted by Crippen LogP contribution is 2.16. The highest BCUT2D eigenvalue weighted by atomic mass is 15.1. The highest BCUT2D eigenvalue weighted by Gasteiger charge is 2.21. The third-order valence-corrected chi connectivity index (χ3v) is 3.02. The van der Waals surface area contributed by atoms with Crippen LogP contribution >= 0.6 is 0 Å². The number of hydrogen-bond donors (Lipinski definition) is 1. The summed E-state index contributed by atoms with van der Waals surface area (Å²) in [6, 6.07) is 0.415. The summed E-state index contributed by atoms with van der Waals surface area (Å²) in [4.78, 5) is 2.54. The number of nitrogens with zero attached hydrogens (tertiary/aromatic N) is 1. The molecule has 0 aromatic heterocycles. The van der Waals surface area contributed by atoms with Crippen molar-refractivity contribution in [3.05, 3.63) is 0 Å². The first-order chi connectivity index (χ1) is 6.58. The van der Waals surface area contributed by atoms with Crippen LogP contribution in [-0.4, -0.2) is 30.6 Å². The largest absolute Gasteiger partial charge is 0.327 e. The van der Waals surface area contributed by atoms with Crippen molar-refractivity contribution in [1.82, 2.24) is 4.90 Å². The molecule has 1 saturated heterocycles. The predicted molar refractivity (Wildman–Crippen MR) is 62.3 cm³/mol. The minimum Gasteiger partial charge on any atom is -0.327 e. The molecule has 1 rings (SSSR count). The van der Waals surface area contributed by atoms with E-state index in [4.69, 9.17) is 5.73 Å². The molecule has 2 heteroatoms. The summed E-state index contributed by atoms with van der Waals surface area (Å²) in [5, 5.41) is 0. The Morgan fingerprint density at radius 3 is 2.64 bits per heavy atom. The van der Waals surface area contributed by atoms with Crippen molar-refractivity contribution in [2.75, 3.05) is 19.6 Å². The zero-order valence-corrected chi connectivity index (χ0v) is 10.00. The second kappa shape index (κ2) is 5.72. The Morgan fingerprint density at radius 1 is 1.36 bits per heavy atom. The normalized spacial score (nSPS) is 29.8. The topological polar surface area (TPSA) is 29.3 Å². The van der Waals surface area contributed by atoms with Gasteiger partial charge in [-0.25, -0.2) is 0 Å². The minimum atomic E-state index is 0.415. The van der Waals surface area contributed by atoms with Gasteiger partial charge in [0, 0.05) is 19.1 Å². The van der Waals surface area contributed by atoms with Gasteiger partial charge in [-0.1, -0.05) is 20.8 Å². The van der Waals surface area contributed by atoms with E-state index in [2.05, 4.69) is 25.7 Å². The fraction of sp³-hybridized carbons (Fsp3) is 1.00. The Hall–Kier alpha value is -0.0800. The monoisotopic (exact) mass is 198 g/mol. The van der Waals surface area contributed by atoms with Gasteiger partial charge in [-0.05, 0) is 37.6 Å². The summed E-state index contributed by atoms with van der Waals surface area (Å²) in [5.74, 6) is 1.63. The molecule has 0 aromatic rings. The van der Waals surface area contributed by atoms with Crippen LogP contribution in [0.1, 0.15) is 40.0 Å². The maximum absolute atomic E-state index is 6.01. The lowest BCUT2D eigenvalue weighted by Crippen LogP contribution is -2.46. The van der Waals surface area contributed by atoms with E-state index in [1.165, 1.54) is 32.4 Å². The van der Waals surface area contributed by atoms with E-state index >= 15 is 0 Å². The van der Waals surface area contributed by atoms with E-state index in [1.807, 2.05) is 0 Å². The first-order valence-corrected chi connectivity index (χ1v) is 6.06. The Labute approximate surface area is 88.8 Å². The van der Waals surface area contributed by atoms with Crippen LogP contribution in [-0.2, 0) is 0 Å². The first kappa shape index (κ1) is 12.0. The molecular weight excluding hydrogens is 172 g/mol. The molecule has 0 aliphatic carbocycles. The summed E-state index contributed by atoms with van der Waals surface area (Å²) in [6.07, 6.45) is 3.89. The summed E-state index contributed by atoms with van der Waals surface area (Å²) < 4.78 is 0. The SMILES string of the molecule is CC(C)CCCN1CC(C)CC(N)C1. The van der Waals surface area contributed by atoms with Crippen molar-refractivity contribution in [1.29, 1.82) is 0 Å². The van der Waals surface area contributed by atoms with Crippen LogP contribution < -0.4 is 5.73 Å². The van der Waals surface area contributed by atoms with E-state index in [1.54, 1.807) is 0 Å². The van der Waals surface area contributed by atoms with Crippen molar-refractivity contribution < 1.29 is 0 Å². The number of piperidine rings is 1. The number of likely N-dealkylation sites (tertiary alicyclic amines) is 1. The molecule has 2 unspecified atom stereocenters. The third-order valence-electron chi connectivity index (χ3n) is 3.02. The van der Waals surface area contributed by atoms with Gasteiger partial charge < -0.3 is 10.6 Å². The van der Waals surface area contributed by atoms with Crippen molar-refractivity contribution in [3.8, 4) is 0 Å². The molecule has 2 N–H and O–H groups in total. The van der Waals surface area contributed by atoms with Gasteiger partial charge in [0.05, 0.1) is 0 Å². The lowest BCUT2D eigenvalue weighted by molar-refractivity contribution is 0.161. The molecule has 0 amide bonds. The fourth-order valence-corrected chi connectivity index (χ4v) is 2.42. The van der Waals surface area contributed by atoms with Gasteiger partial charge in [-0.2, -0.15) is 0 Å². The molecule has 0 radical (unpaired) electrons. The summed E-state index contributed by atoms with van der Waals surface area (Å²) >= 11 is 0. The zero-order chi connectivity index (χ0) is 10.6. The van der Waals surface area contributed by atoms with Gasteiger partial charge in [-0.3, -0.25) is 0 Å². The second-order valence-corrected chi connectivity index (χ2v) is 5.40. The minimum absolute atomic E-state index is 0.415. The van der Waals surface area contributed by atoms with Gasteiger partial charge in [0.25, 0.3) is 0 Å². The Bertz CT molecular complexity index is 146. The molecule has 0 bridgehead atoms. The molecule has 14 heavy (non-hydrogen) atoms. The molecule has 1 heterocycles. The standard InChI is InChI=1S/C12H26N2/c1-10(2)5-4-6-14-8-11(3)7-12(13)9-14/h10-12H,4-9,13H2,1-3H3. The number of hydrogen-bond acceptors (Lipinski definition) is 2. The van der Waals surface area contributed by atoms with Gasteiger partial charge in [0.2, 0.25) is 0 Å². The second-order valence-electron chi connectivity index (χ2n) is 5.40. The lowest BCUT2D eigenvalue weighted by Gasteiger charge is -2.34. The maximum Gasteiger partial charge on any atom is 0.0170 e. The van der Waals surface area contributed by atoms with Gasteiger partial charge >= 0.3 is 0 Å². The van der Waals surface area contributed by atoms with Crippen molar-refractivity contribution >= 4 is 0 Å². The Balaban J connectivity index is 2.17. The van der Waals surface area contributed by atoms with E-state index in [0.717, 1.165) is 18.4 Å². The molecule has 1 fully saturated rings. The summed E-state index contributed by atoms with van der Waals surface area (Å²) in [6.45, 7) is 10.5. The molecule has 0 saturated carbocycles. The molecule has 84 valence electrons. The molecule has 0 spiro atoms. The number of nitrogens with two attached hydrogens (primary N) is 1. The van der Waals surface area contributed by atoms with Gasteiger partial charge in [0.15, 0.2) is 0 Å². The molecule has 2 atom stereocenters. The Morgan fingerprint density at radius 2 is 2.07 bits per heavy atom. The molecule has 1 aliphatic rings. The molecule has 0 aromatic carbocycles. The summed E-state index contributed by atoms with van der Waals surface area (Å²) in [7, 11) is 0. The van der Waals surface area contributed by atoms with E-state index in [9.17, 15) is 0 Å². The van der Waals surface area contributed by atoms with E-state index in [-0.39, 0.29) is 0 Å². The quantitative estimate of drug-likeness (QED) is 0.749. The predicted octanol–water partition coefficient (Wildman–Crippen LogP) is 2.09. The average Bonchev–Trinajstić information content (AvgIpc) is 2.01. The van der Waals surface area contributed by atoms with Crippen molar-refractivity contribution in [2.24, 2.45) is 17.6 Å². The first-order valence-electron chi connectivity index (χ1n) is 6.06. The third kappa shape index (κ3) is 4.43. The van der Waals surface area contributed by atoms with Crippen LogP contribution in [0.4, 0.5) is 0 Å². The highest BCUT2D eigenvalue weighted by molar-refractivity contribution is 4.78. The van der Waals surface area contributed by atoms with Crippen molar-refractivity contribution in [3.63, 3.8) is 0 Å². The Kier molecular flexibility index (Phi) is 4.90. The average molecular weight is 198 g/mol. The van der Waals surface area contributed by atoms with Crippen molar-refractivity contribution in [2.45, 2.75) is 46.1 Å². The smallest absolute Gasteiger partial charge is 0.0170 e. The van der Waals surface area contributed by atoms with Crippen LogP contribution in [0, 0.1) is 11.8 Å². The van der Waals surface area contributed by atoms with Crippen LogP contribution in [0.3, 0.4) is 0 Å². The van der Waals surface area contributed by atoms with Crippen LogP contribution in [0.2, 0.25) is 0 Å². The number of rotatable bonds is 4. The van der Waals surface area contributed by atoms with Crippen LogP contribution in [0.5, 0.6) is 0 Å². The maximum atomic E-state index is 6.01. The van der Waals surface area contributed by atoms with Gasteiger partial charge in [0.1, 0.15) is 0 Å². The summed E-state index contributed by atoms with van der Waals surface area (Å²) in [5.41, 5.74) is 6.01. The molecule has 1 aliphatic heterocycles. The van der Waals surface area contributed by atoms with E-state index in [0.29, 0.717) is 6.04 Å². The lowest BCUT2D eigenvalue weighted by atomic mass is 9.96. The zero-order valence-electron chi connectivity index (χ0n) is 10.00. The van der Waals surface area contributed by atoms with Crippen LogP contribution in [0.25, 0.3) is 0 Å².